The topological polar surface area (TPSA) is 57.5 Å². The lowest BCUT2D eigenvalue weighted by atomic mass is 9.99. The summed E-state index contributed by atoms with van der Waals surface area (Å²) >= 11 is 0. The number of aliphatic hydroxyl groups excluding tert-OH is 2. The minimum absolute atomic E-state index is 0.0927. The molecule has 1 aromatic rings. The smallest absolute Gasteiger partial charge is 0.146 e. The van der Waals surface area contributed by atoms with Crippen LogP contribution in [0, 0.1) is 5.92 Å². The van der Waals surface area contributed by atoms with Crippen LogP contribution in [0.1, 0.15) is 30.5 Å². The van der Waals surface area contributed by atoms with E-state index in [0.717, 1.165) is 11.8 Å². The van der Waals surface area contributed by atoms with Crippen LogP contribution in [-0.4, -0.2) is 16.5 Å². The van der Waals surface area contributed by atoms with Gasteiger partial charge in [0.1, 0.15) is 6.29 Å². The Labute approximate surface area is 101 Å². The van der Waals surface area contributed by atoms with Gasteiger partial charge in [0.15, 0.2) is 0 Å². The maximum atomic E-state index is 10.9. The van der Waals surface area contributed by atoms with Crippen LogP contribution in [0.3, 0.4) is 0 Å². The van der Waals surface area contributed by atoms with Crippen LogP contribution in [-0.2, 0) is 18.0 Å². The molecule has 1 aromatic carbocycles. The normalized spacial score (nSPS) is 11.9. The molecule has 0 atom stereocenters. The molecule has 0 radical (unpaired) electrons. The first-order valence-electron chi connectivity index (χ1n) is 5.62. The van der Waals surface area contributed by atoms with E-state index in [2.05, 4.69) is 0 Å². The van der Waals surface area contributed by atoms with Crippen molar-refractivity contribution in [3.05, 3.63) is 40.5 Å². The lowest BCUT2D eigenvalue weighted by Crippen LogP contribution is -1.97. The van der Waals surface area contributed by atoms with Crippen LogP contribution in [0.4, 0.5) is 0 Å². The van der Waals surface area contributed by atoms with Gasteiger partial charge in [0.2, 0.25) is 0 Å². The van der Waals surface area contributed by atoms with E-state index in [-0.39, 0.29) is 19.1 Å². The second kappa shape index (κ2) is 6.33. The summed E-state index contributed by atoms with van der Waals surface area (Å²) in [7, 11) is 0. The van der Waals surface area contributed by atoms with Crippen LogP contribution >= 0.6 is 0 Å². The average Bonchev–Trinajstić information content (AvgIpc) is 2.35. The van der Waals surface area contributed by atoms with E-state index in [1.807, 2.05) is 19.9 Å². The third-order valence-corrected chi connectivity index (χ3v) is 2.71. The zero-order valence-electron chi connectivity index (χ0n) is 10.2. The molecule has 0 saturated heterocycles. The summed E-state index contributed by atoms with van der Waals surface area (Å²) in [5.41, 5.74) is 2.98. The molecule has 0 aliphatic rings. The molecule has 0 aliphatic carbocycles. The predicted octanol–water partition coefficient (Wildman–Crippen LogP) is 1.91. The molecule has 0 amide bonds. The highest BCUT2D eigenvalue weighted by Crippen LogP contribution is 2.17. The number of benzene rings is 1. The summed E-state index contributed by atoms with van der Waals surface area (Å²) in [6.45, 7) is 3.70. The highest BCUT2D eigenvalue weighted by Gasteiger charge is 2.04. The lowest BCUT2D eigenvalue weighted by Gasteiger charge is -2.07. The molecule has 2 N–H and O–H groups in total. The number of aldehydes is 1. The molecule has 1 rings (SSSR count). The summed E-state index contributed by atoms with van der Waals surface area (Å²) in [5, 5.41) is 18.2. The zero-order chi connectivity index (χ0) is 12.8. The Kier molecular flexibility index (Phi) is 5.07. The minimum Gasteiger partial charge on any atom is -0.392 e. The van der Waals surface area contributed by atoms with E-state index < -0.39 is 0 Å². The molecule has 0 fully saturated rings. The van der Waals surface area contributed by atoms with E-state index >= 15 is 0 Å². The van der Waals surface area contributed by atoms with Gasteiger partial charge in [0.25, 0.3) is 0 Å². The summed E-state index contributed by atoms with van der Waals surface area (Å²) < 4.78 is 0. The average molecular weight is 234 g/mol. The Balaban J connectivity index is 3.11. The van der Waals surface area contributed by atoms with Gasteiger partial charge in [-0.3, -0.25) is 4.79 Å². The lowest BCUT2D eigenvalue weighted by molar-refractivity contribution is -0.105. The Bertz CT molecular complexity index is 419. The maximum Gasteiger partial charge on any atom is 0.146 e. The first kappa shape index (κ1) is 13.6. The Hall–Kier alpha value is -1.45. The minimum atomic E-state index is -0.115. The number of hydrogen-bond acceptors (Lipinski definition) is 3. The van der Waals surface area contributed by atoms with E-state index in [4.69, 9.17) is 5.11 Å². The maximum absolute atomic E-state index is 10.9. The van der Waals surface area contributed by atoms with Crippen molar-refractivity contribution in [2.45, 2.75) is 27.1 Å². The van der Waals surface area contributed by atoms with E-state index in [1.54, 1.807) is 18.2 Å². The quantitative estimate of drug-likeness (QED) is 0.604. The summed E-state index contributed by atoms with van der Waals surface area (Å²) in [6, 6.07) is 5.38. The molecular weight excluding hydrogens is 216 g/mol. The molecule has 0 heterocycles. The van der Waals surface area contributed by atoms with Crippen LogP contribution in [0.15, 0.2) is 23.8 Å². The monoisotopic (exact) mass is 234 g/mol. The number of rotatable bonds is 5. The Morgan fingerprint density at radius 3 is 2.35 bits per heavy atom. The molecule has 0 bridgehead atoms. The number of hydrogen-bond donors (Lipinski definition) is 2. The first-order chi connectivity index (χ1) is 8.12. The van der Waals surface area contributed by atoms with Crippen molar-refractivity contribution >= 4 is 12.4 Å². The largest absolute Gasteiger partial charge is 0.392 e. The summed E-state index contributed by atoms with van der Waals surface area (Å²) in [6.07, 6.45) is 2.65. The van der Waals surface area contributed by atoms with Crippen molar-refractivity contribution in [3.8, 4) is 0 Å². The second-order valence-corrected chi connectivity index (χ2v) is 4.26. The molecule has 0 aliphatic heterocycles. The van der Waals surface area contributed by atoms with E-state index in [9.17, 15) is 9.90 Å². The highest BCUT2D eigenvalue weighted by molar-refractivity contribution is 5.82. The fourth-order valence-electron chi connectivity index (χ4n) is 1.57. The molecule has 92 valence electrons. The van der Waals surface area contributed by atoms with Gasteiger partial charge in [0.05, 0.1) is 13.2 Å². The first-order valence-corrected chi connectivity index (χ1v) is 5.62. The molecule has 0 aromatic heterocycles. The molecule has 0 unspecified atom stereocenters. The van der Waals surface area contributed by atoms with Crippen LogP contribution in [0.5, 0.6) is 0 Å². The fourth-order valence-corrected chi connectivity index (χ4v) is 1.57. The predicted molar refractivity (Wildman–Crippen MR) is 67.2 cm³/mol. The third-order valence-electron chi connectivity index (χ3n) is 2.71. The number of carbonyl (C=O) groups excluding carboxylic acids is 1. The number of aliphatic hydroxyl groups is 2. The molecule has 0 spiro atoms. The molecule has 3 nitrogen and oxygen atoms in total. The highest BCUT2D eigenvalue weighted by atomic mass is 16.3. The van der Waals surface area contributed by atoms with Gasteiger partial charge in [-0.2, -0.15) is 0 Å². The van der Waals surface area contributed by atoms with Gasteiger partial charge in [0, 0.05) is 0 Å². The van der Waals surface area contributed by atoms with Crippen LogP contribution in [0.25, 0.3) is 6.08 Å². The fraction of sp³-hybridized carbons (Fsp3) is 0.357. The molecule has 0 saturated carbocycles. The van der Waals surface area contributed by atoms with E-state index in [1.165, 1.54) is 0 Å². The van der Waals surface area contributed by atoms with Gasteiger partial charge in [-0.15, -0.1) is 0 Å². The Morgan fingerprint density at radius 2 is 1.88 bits per heavy atom. The van der Waals surface area contributed by atoms with Crippen molar-refractivity contribution in [2.24, 2.45) is 5.92 Å². The SMILES string of the molecule is CC(C)/C(C=O)=C\c1ccc(CO)c(CO)c1. The van der Waals surface area contributed by atoms with Crippen molar-refractivity contribution in [3.63, 3.8) is 0 Å². The van der Waals surface area contributed by atoms with Crippen molar-refractivity contribution in [2.75, 3.05) is 0 Å². The molecular formula is C14H18O3. The van der Waals surface area contributed by atoms with Crippen LogP contribution in [0.2, 0.25) is 0 Å². The second-order valence-electron chi connectivity index (χ2n) is 4.26. The van der Waals surface area contributed by atoms with Gasteiger partial charge >= 0.3 is 0 Å². The third kappa shape index (κ3) is 3.51. The van der Waals surface area contributed by atoms with Gasteiger partial charge in [-0.1, -0.05) is 26.0 Å². The Morgan fingerprint density at radius 1 is 1.24 bits per heavy atom. The number of allylic oxidation sites excluding steroid dienone is 1. The number of carbonyl (C=O) groups is 1. The molecule has 17 heavy (non-hydrogen) atoms. The molecule has 3 heteroatoms. The van der Waals surface area contributed by atoms with Gasteiger partial charge < -0.3 is 10.2 Å². The standard InChI is InChI=1S/C14H18O3/c1-10(2)13(8-16)5-11-3-4-12(7-15)14(6-11)9-17/h3-6,8,10,15,17H,7,9H2,1-2H3/b13-5-. The van der Waals surface area contributed by atoms with Crippen molar-refractivity contribution < 1.29 is 15.0 Å². The van der Waals surface area contributed by atoms with Gasteiger partial charge in [-0.25, -0.2) is 0 Å². The van der Waals surface area contributed by atoms with E-state index in [0.29, 0.717) is 16.7 Å². The van der Waals surface area contributed by atoms with Crippen LogP contribution < -0.4 is 0 Å². The summed E-state index contributed by atoms with van der Waals surface area (Å²) in [5.74, 6) is 0.169. The van der Waals surface area contributed by atoms with Crippen molar-refractivity contribution in [1.29, 1.82) is 0 Å². The zero-order valence-corrected chi connectivity index (χ0v) is 10.2. The summed E-state index contributed by atoms with van der Waals surface area (Å²) in [4.78, 5) is 10.9. The van der Waals surface area contributed by atoms with Gasteiger partial charge in [-0.05, 0) is 40.3 Å². The van der Waals surface area contributed by atoms with Crippen molar-refractivity contribution in [1.82, 2.24) is 0 Å².